The summed E-state index contributed by atoms with van der Waals surface area (Å²) in [5.74, 6) is 0. The third kappa shape index (κ3) is 4.13. The third-order valence-corrected chi connectivity index (χ3v) is 11.5. The summed E-state index contributed by atoms with van der Waals surface area (Å²) >= 11 is 3.27. The Morgan fingerprint density at radius 1 is 0.929 bits per heavy atom. The molecule has 0 spiro atoms. The van der Waals surface area contributed by atoms with Gasteiger partial charge in [0, 0.05) is 9.79 Å². The normalized spacial score (nSPS) is 15.9. The van der Waals surface area contributed by atoms with Gasteiger partial charge in [0.2, 0.25) is 0 Å². The second-order valence-corrected chi connectivity index (χ2v) is 12.4. The van der Waals surface area contributed by atoms with Gasteiger partial charge in [-0.25, -0.2) is 3.63 Å². The zero-order valence-corrected chi connectivity index (χ0v) is 19.4. The Balaban J connectivity index is 2.89. The van der Waals surface area contributed by atoms with Gasteiger partial charge in [0.1, 0.15) is 0 Å². The van der Waals surface area contributed by atoms with Gasteiger partial charge in [-0.05, 0) is 75.1 Å². The van der Waals surface area contributed by atoms with Gasteiger partial charge < -0.3 is 0 Å². The summed E-state index contributed by atoms with van der Waals surface area (Å²) in [7, 11) is -8.85. The molecule has 28 heavy (non-hydrogen) atoms. The second kappa shape index (κ2) is 8.01. The summed E-state index contributed by atoms with van der Waals surface area (Å²) in [4.78, 5) is 0.857. The molecule has 0 N–H and O–H groups in total. The second-order valence-electron chi connectivity index (χ2n) is 6.63. The summed E-state index contributed by atoms with van der Waals surface area (Å²) in [5, 5.41) is 0. The first-order chi connectivity index (χ1) is 12.8. The van der Waals surface area contributed by atoms with Crippen LogP contribution in [-0.2, 0) is 13.7 Å². The first-order valence-corrected chi connectivity index (χ1v) is 12.6. The molecule has 2 aromatic carbocycles. The van der Waals surface area contributed by atoms with Crippen LogP contribution < -0.4 is 0 Å². The highest BCUT2D eigenvalue weighted by Gasteiger charge is 2.52. The molecule has 2 aromatic rings. The summed E-state index contributed by atoms with van der Waals surface area (Å²) in [6.07, 6.45) is 0. The molecule has 0 saturated heterocycles. The first kappa shape index (κ1) is 23.3. The van der Waals surface area contributed by atoms with Crippen LogP contribution in [0.15, 0.2) is 40.1 Å². The van der Waals surface area contributed by atoms with Crippen molar-refractivity contribution < 1.29 is 25.2 Å². The summed E-state index contributed by atoms with van der Waals surface area (Å²) in [5.41, 5.74) is -1.13. The standard InChI is InChI=1S/C19H22BrF3O3S2/c1-12-6-8-17(9-7-12)27(11-20,26-28(24,25)19(21,22)23)18-10-13(2)14(3)15(4)16(18)5/h6-10H,11H2,1-5H3. The number of aryl methyl sites for hydroxylation is 2. The van der Waals surface area contributed by atoms with E-state index in [9.17, 15) is 21.6 Å². The van der Waals surface area contributed by atoms with Gasteiger partial charge in [-0.1, -0.05) is 43.9 Å². The Labute approximate surface area is 174 Å². The molecular formula is C19H22BrF3O3S2. The fourth-order valence-electron chi connectivity index (χ4n) is 2.81. The molecule has 0 heterocycles. The van der Waals surface area contributed by atoms with E-state index in [0.29, 0.717) is 9.79 Å². The predicted molar refractivity (Wildman–Crippen MR) is 111 cm³/mol. The number of hydrogen-bond acceptors (Lipinski definition) is 3. The van der Waals surface area contributed by atoms with Crippen molar-refractivity contribution in [3.63, 3.8) is 0 Å². The van der Waals surface area contributed by atoms with Crippen LogP contribution in [0.4, 0.5) is 13.2 Å². The molecular weight excluding hydrogens is 477 g/mol. The zero-order valence-electron chi connectivity index (χ0n) is 16.1. The summed E-state index contributed by atoms with van der Waals surface area (Å²) in [6, 6.07) is 8.45. The van der Waals surface area contributed by atoms with Crippen molar-refractivity contribution >= 4 is 36.4 Å². The minimum absolute atomic E-state index is 0.0961. The van der Waals surface area contributed by atoms with E-state index in [1.54, 1.807) is 37.3 Å². The molecule has 3 nitrogen and oxygen atoms in total. The van der Waals surface area contributed by atoms with E-state index in [-0.39, 0.29) is 4.66 Å². The molecule has 0 saturated carbocycles. The number of hydrogen-bond donors (Lipinski definition) is 0. The topological polar surface area (TPSA) is 43.4 Å². The van der Waals surface area contributed by atoms with Crippen molar-refractivity contribution in [3.05, 3.63) is 58.1 Å². The summed E-state index contributed by atoms with van der Waals surface area (Å²) in [6.45, 7) is 9.25. The molecule has 2 rings (SSSR count). The van der Waals surface area contributed by atoms with Gasteiger partial charge in [-0.3, -0.25) is 0 Å². The highest BCUT2D eigenvalue weighted by atomic mass is 79.9. The van der Waals surface area contributed by atoms with E-state index in [1.807, 2.05) is 27.7 Å². The SMILES string of the molecule is Cc1ccc(S(CBr)(OS(=O)(=O)C(F)(F)F)c2cc(C)c(C)c(C)c2C)cc1. The predicted octanol–water partition coefficient (Wildman–Crippen LogP) is 6.58. The Morgan fingerprint density at radius 3 is 1.93 bits per heavy atom. The molecule has 0 aliphatic heterocycles. The van der Waals surface area contributed by atoms with Crippen LogP contribution in [0, 0.1) is 34.6 Å². The maximum atomic E-state index is 13.2. The minimum atomic E-state index is -5.82. The largest absolute Gasteiger partial charge is 0.523 e. The van der Waals surface area contributed by atoms with Crippen molar-refractivity contribution in [2.75, 3.05) is 4.66 Å². The van der Waals surface area contributed by atoms with Crippen molar-refractivity contribution in [1.82, 2.24) is 0 Å². The highest BCUT2D eigenvalue weighted by molar-refractivity contribution is 9.11. The van der Waals surface area contributed by atoms with Gasteiger partial charge in [0.25, 0.3) is 0 Å². The number of halogens is 4. The highest BCUT2D eigenvalue weighted by Crippen LogP contribution is 2.67. The van der Waals surface area contributed by atoms with E-state index in [1.165, 1.54) is 0 Å². The molecule has 1 atom stereocenters. The lowest BCUT2D eigenvalue weighted by Crippen LogP contribution is -2.28. The molecule has 1 unspecified atom stereocenters. The molecule has 9 heteroatoms. The molecule has 0 aliphatic rings. The minimum Gasteiger partial charge on any atom is -0.203 e. The zero-order chi connectivity index (χ0) is 21.5. The molecule has 0 bridgehead atoms. The first-order valence-electron chi connectivity index (χ1n) is 8.30. The van der Waals surface area contributed by atoms with Crippen molar-refractivity contribution in [3.8, 4) is 0 Å². The summed E-state index contributed by atoms with van der Waals surface area (Å²) < 4.78 is 68.7. The van der Waals surface area contributed by atoms with E-state index in [0.717, 1.165) is 27.8 Å². The van der Waals surface area contributed by atoms with Gasteiger partial charge in [-0.15, -0.1) is 0 Å². The third-order valence-electron chi connectivity index (χ3n) is 4.83. The van der Waals surface area contributed by atoms with E-state index in [2.05, 4.69) is 15.9 Å². The number of rotatable bonds is 5. The number of alkyl halides is 4. The Kier molecular flexibility index (Phi) is 6.65. The fraction of sp³-hybridized carbons (Fsp3) is 0.368. The molecule has 0 fully saturated rings. The quantitative estimate of drug-likeness (QED) is 0.345. The van der Waals surface area contributed by atoms with Crippen molar-refractivity contribution in [2.45, 2.75) is 49.9 Å². The number of benzene rings is 2. The van der Waals surface area contributed by atoms with Gasteiger partial charge in [0.15, 0.2) is 0 Å². The van der Waals surface area contributed by atoms with Crippen LogP contribution in [0.25, 0.3) is 0 Å². The Bertz CT molecular complexity index is 987. The molecule has 0 radical (unpaired) electrons. The van der Waals surface area contributed by atoms with Gasteiger partial charge in [-0.2, -0.15) is 21.6 Å². The average molecular weight is 499 g/mol. The van der Waals surface area contributed by atoms with E-state index in [4.69, 9.17) is 3.63 Å². The van der Waals surface area contributed by atoms with Gasteiger partial charge >= 0.3 is 15.6 Å². The monoisotopic (exact) mass is 498 g/mol. The van der Waals surface area contributed by atoms with Crippen LogP contribution in [-0.4, -0.2) is 18.6 Å². The lowest BCUT2D eigenvalue weighted by atomic mass is 10.00. The maximum absolute atomic E-state index is 13.2. The smallest absolute Gasteiger partial charge is 0.203 e. The van der Waals surface area contributed by atoms with Crippen LogP contribution in [0.3, 0.4) is 0 Å². The Morgan fingerprint density at radius 2 is 1.46 bits per heavy atom. The van der Waals surface area contributed by atoms with Gasteiger partial charge in [0.05, 0.1) is 4.66 Å². The molecule has 0 aliphatic carbocycles. The molecule has 0 aromatic heterocycles. The molecule has 0 amide bonds. The lowest BCUT2D eigenvalue weighted by molar-refractivity contribution is -0.0496. The van der Waals surface area contributed by atoms with Crippen LogP contribution in [0.1, 0.15) is 27.8 Å². The fourth-order valence-corrected chi connectivity index (χ4v) is 9.40. The van der Waals surface area contributed by atoms with Crippen LogP contribution >= 0.6 is 26.2 Å². The lowest BCUT2D eigenvalue weighted by Gasteiger charge is -2.39. The van der Waals surface area contributed by atoms with Crippen molar-refractivity contribution in [1.29, 1.82) is 0 Å². The Hall–Kier alpha value is -1.03. The van der Waals surface area contributed by atoms with E-state index < -0.39 is 25.9 Å². The maximum Gasteiger partial charge on any atom is 0.523 e. The van der Waals surface area contributed by atoms with Crippen LogP contribution in [0.5, 0.6) is 0 Å². The molecule has 156 valence electrons. The van der Waals surface area contributed by atoms with E-state index >= 15 is 0 Å². The van der Waals surface area contributed by atoms with Crippen LogP contribution in [0.2, 0.25) is 0 Å². The van der Waals surface area contributed by atoms with Crippen molar-refractivity contribution in [2.24, 2.45) is 0 Å². The average Bonchev–Trinajstić information content (AvgIpc) is 2.61.